The maximum Gasteiger partial charge on any atom is 0.330 e. The van der Waals surface area contributed by atoms with E-state index in [-0.39, 0.29) is 18.6 Å². The second-order valence-corrected chi connectivity index (χ2v) is 16.4. The standard InChI is InChI=1S/C54H48N4O4/c1-5-36-19-18-35-30-46(36)54(56-48(39-20-24-43(60-4)25-21-39)49(57-54)40-22-26-44(27-23-40)61-28-29-62-47(59)7-3)58-51(41-16-12-9-13-17-41)50(38-14-10-8-11-15-38)55-52(58)45-31-42-34-53(42,32-35)33-37(45)6-2/h7-27,30-31H,3,5-6,28-29,32-34H2,1-2,4H3. The molecular formula is C54H48N4O4. The number of imidazole rings is 1. The maximum atomic E-state index is 11.6. The second kappa shape index (κ2) is 15.8. The summed E-state index contributed by atoms with van der Waals surface area (Å²) in [5.74, 6) is 0.475. The van der Waals surface area contributed by atoms with Crippen LogP contribution in [0, 0.1) is 5.41 Å². The molecular weight excluding hydrogens is 769 g/mol. The minimum absolute atomic E-state index is 0.116. The van der Waals surface area contributed by atoms with Crippen molar-refractivity contribution in [2.45, 2.75) is 51.7 Å². The van der Waals surface area contributed by atoms with E-state index < -0.39 is 11.8 Å². The van der Waals surface area contributed by atoms with Crippen LogP contribution in [-0.4, -0.2) is 47.3 Å². The van der Waals surface area contributed by atoms with Crippen LogP contribution in [0.3, 0.4) is 0 Å². The van der Waals surface area contributed by atoms with Crippen molar-refractivity contribution in [3.05, 3.63) is 191 Å². The van der Waals surface area contributed by atoms with E-state index in [1.165, 1.54) is 27.8 Å². The van der Waals surface area contributed by atoms with Gasteiger partial charge in [0, 0.05) is 44.9 Å². The molecule has 2 unspecified atom stereocenters. The van der Waals surface area contributed by atoms with E-state index in [2.05, 4.69) is 122 Å². The van der Waals surface area contributed by atoms with Crippen LogP contribution in [0.25, 0.3) is 28.1 Å². The summed E-state index contributed by atoms with van der Waals surface area (Å²) >= 11 is 0. The van der Waals surface area contributed by atoms with Crippen LogP contribution < -0.4 is 9.47 Å². The quantitative estimate of drug-likeness (QED) is 0.0697. The number of methoxy groups -OCH3 is 1. The molecule has 6 aromatic rings. The molecule has 8 nitrogen and oxygen atoms in total. The maximum absolute atomic E-state index is 11.6. The van der Waals surface area contributed by atoms with E-state index in [9.17, 15) is 4.79 Å². The fourth-order valence-corrected chi connectivity index (χ4v) is 9.57. The Hall–Kier alpha value is -7.06. The molecule has 1 aromatic heterocycles. The zero-order chi connectivity index (χ0) is 42.4. The second-order valence-electron chi connectivity index (χ2n) is 16.4. The van der Waals surface area contributed by atoms with Gasteiger partial charge in [-0.2, -0.15) is 0 Å². The van der Waals surface area contributed by atoms with Crippen LogP contribution in [0.4, 0.5) is 0 Å². The molecule has 2 spiro atoms. The molecule has 11 rings (SSSR count). The normalized spacial score (nSPS) is 19.4. The fraction of sp³-hybridized carbons (Fsp3) is 0.222. The third-order valence-electron chi connectivity index (χ3n) is 12.8. The van der Waals surface area contributed by atoms with E-state index in [0.717, 1.165) is 100 Å². The van der Waals surface area contributed by atoms with Crippen LogP contribution in [0.5, 0.6) is 11.5 Å². The van der Waals surface area contributed by atoms with Gasteiger partial charge in [-0.1, -0.05) is 110 Å². The summed E-state index contributed by atoms with van der Waals surface area (Å²) in [5.41, 5.74) is 14.9. The third kappa shape index (κ3) is 6.71. The van der Waals surface area contributed by atoms with Crippen LogP contribution >= 0.6 is 0 Å². The molecule has 0 saturated heterocycles. The van der Waals surface area contributed by atoms with Crippen molar-refractivity contribution in [3.63, 3.8) is 0 Å². The van der Waals surface area contributed by atoms with E-state index in [1.807, 2.05) is 36.4 Å². The number of hydrogen-bond donors (Lipinski definition) is 0. The van der Waals surface area contributed by atoms with Crippen molar-refractivity contribution in [1.82, 2.24) is 9.55 Å². The van der Waals surface area contributed by atoms with Crippen LogP contribution in [0.1, 0.15) is 66.8 Å². The van der Waals surface area contributed by atoms with Gasteiger partial charge in [0.1, 0.15) is 30.5 Å². The number of allylic oxidation sites excluding steroid dienone is 4. The summed E-state index contributed by atoms with van der Waals surface area (Å²) < 4.78 is 19.1. The molecule has 0 radical (unpaired) electrons. The predicted octanol–water partition coefficient (Wildman–Crippen LogP) is 11.0. The van der Waals surface area contributed by atoms with Gasteiger partial charge < -0.3 is 14.2 Å². The average molecular weight is 817 g/mol. The van der Waals surface area contributed by atoms with E-state index in [4.69, 9.17) is 29.2 Å². The van der Waals surface area contributed by atoms with Crippen molar-refractivity contribution < 1.29 is 19.0 Å². The Bertz CT molecular complexity index is 2850. The summed E-state index contributed by atoms with van der Waals surface area (Å²) in [6.45, 7) is 8.30. The van der Waals surface area contributed by atoms with Gasteiger partial charge in [0.15, 0.2) is 0 Å². The first kappa shape index (κ1) is 39.1. The van der Waals surface area contributed by atoms with Gasteiger partial charge in [0.05, 0.1) is 29.9 Å². The minimum atomic E-state index is -1.31. The Morgan fingerprint density at radius 1 is 0.742 bits per heavy atom. The summed E-state index contributed by atoms with van der Waals surface area (Å²) in [5, 5.41) is 0. The molecule has 3 aliphatic heterocycles. The summed E-state index contributed by atoms with van der Waals surface area (Å²) in [7, 11) is 1.68. The molecule has 2 atom stereocenters. The van der Waals surface area contributed by atoms with Gasteiger partial charge in [-0.3, -0.25) is 4.57 Å². The molecule has 308 valence electrons. The number of ether oxygens (including phenoxy) is 3. The van der Waals surface area contributed by atoms with Gasteiger partial charge in [0.2, 0.25) is 0 Å². The van der Waals surface area contributed by atoms with Crippen molar-refractivity contribution in [2.24, 2.45) is 15.4 Å². The van der Waals surface area contributed by atoms with Crippen molar-refractivity contribution in [3.8, 4) is 34.0 Å². The van der Waals surface area contributed by atoms with Crippen LogP contribution in [0.2, 0.25) is 0 Å². The third-order valence-corrected chi connectivity index (χ3v) is 12.8. The number of benzene rings is 5. The molecule has 5 aromatic carbocycles. The summed E-state index contributed by atoms with van der Waals surface area (Å²) in [4.78, 5) is 29.4. The number of hydrogen-bond acceptors (Lipinski definition) is 7. The lowest BCUT2D eigenvalue weighted by Gasteiger charge is -2.32. The lowest BCUT2D eigenvalue weighted by Crippen LogP contribution is -2.33. The molecule has 1 saturated carbocycles. The number of esters is 1. The molecule has 4 heterocycles. The number of aliphatic imine (C=N–C) groups is 2. The zero-order valence-electron chi connectivity index (χ0n) is 35.4. The molecule has 4 bridgehead atoms. The summed E-state index contributed by atoms with van der Waals surface area (Å²) in [6, 6.07) is 44.2. The number of fused-ring (bicyclic) bond motifs is 1. The average Bonchev–Trinajstić information content (AvgIpc) is 3.64. The lowest BCUT2D eigenvalue weighted by molar-refractivity contribution is -0.138. The van der Waals surface area contributed by atoms with Crippen molar-refractivity contribution >= 4 is 23.0 Å². The minimum Gasteiger partial charge on any atom is -0.497 e. The monoisotopic (exact) mass is 816 g/mol. The SMILES string of the molecule is C=CC(=O)OCCOc1ccc(C2=NC3(N=C2c2ccc(OC)cc2)c2cc(ccc2CC)CC24CC2=CC(=C(CC)C4)c2nc(-c4ccccc4)c(-c4ccccc4)n23)cc1. The number of rotatable bonds is 12. The van der Waals surface area contributed by atoms with Gasteiger partial charge in [0.25, 0.3) is 5.79 Å². The fourth-order valence-electron chi connectivity index (χ4n) is 9.57. The first-order valence-electron chi connectivity index (χ1n) is 21.5. The highest BCUT2D eigenvalue weighted by atomic mass is 16.6. The Morgan fingerprint density at radius 2 is 1.40 bits per heavy atom. The molecule has 62 heavy (non-hydrogen) atoms. The van der Waals surface area contributed by atoms with Crippen molar-refractivity contribution in [1.29, 1.82) is 0 Å². The largest absolute Gasteiger partial charge is 0.497 e. The van der Waals surface area contributed by atoms with E-state index in [0.29, 0.717) is 5.75 Å². The van der Waals surface area contributed by atoms with Crippen LogP contribution in [-0.2, 0) is 28.2 Å². The van der Waals surface area contributed by atoms with Gasteiger partial charge in [-0.25, -0.2) is 19.8 Å². The zero-order valence-corrected chi connectivity index (χ0v) is 35.4. The first-order chi connectivity index (χ1) is 30.4. The number of carbonyl (C=O) groups is 1. The highest BCUT2D eigenvalue weighted by Gasteiger charge is 2.53. The van der Waals surface area contributed by atoms with E-state index in [1.54, 1.807) is 7.11 Å². The number of aryl methyl sites for hydroxylation is 1. The van der Waals surface area contributed by atoms with Gasteiger partial charge >= 0.3 is 5.97 Å². The molecule has 5 aliphatic rings. The molecule has 8 heteroatoms. The number of aromatic nitrogens is 2. The van der Waals surface area contributed by atoms with Crippen LogP contribution in [0.15, 0.2) is 167 Å². The van der Waals surface area contributed by atoms with Gasteiger partial charge in [-0.15, -0.1) is 0 Å². The highest BCUT2D eigenvalue weighted by Crippen LogP contribution is 2.63. The Morgan fingerprint density at radius 3 is 2.03 bits per heavy atom. The number of carbonyl (C=O) groups excluding carboxylic acids is 1. The topological polar surface area (TPSA) is 87.3 Å². The Balaban J connectivity index is 1.29. The molecule has 0 amide bonds. The van der Waals surface area contributed by atoms with Gasteiger partial charge in [-0.05, 0) is 97.8 Å². The lowest BCUT2D eigenvalue weighted by atomic mass is 9.82. The smallest absolute Gasteiger partial charge is 0.330 e. The Labute approximate surface area is 362 Å². The van der Waals surface area contributed by atoms with E-state index >= 15 is 0 Å². The van der Waals surface area contributed by atoms with Crippen molar-refractivity contribution in [2.75, 3.05) is 20.3 Å². The predicted molar refractivity (Wildman–Crippen MR) is 246 cm³/mol. The first-order valence-corrected chi connectivity index (χ1v) is 21.5. The highest BCUT2D eigenvalue weighted by molar-refractivity contribution is 6.54. The molecule has 1 fully saturated rings. The molecule has 0 N–H and O–H groups in total. The molecule has 2 aliphatic carbocycles. The number of nitrogens with zero attached hydrogens (tertiary/aromatic N) is 4. The Kier molecular flexibility index (Phi) is 9.94. The summed E-state index contributed by atoms with van der Waals surface area (Å²) in [6.07, 6.45) is 8.38.